The summed E-state index contributed by atoms with van der Waals surface area (Å²) in [5.41, 5.74) is -0.222. The van der Waals surface area contributed by atoms with Crippen LogP contribution >= 0.6 is 0 Å². The third kappa shape index (κ3) is 7.84. The first-order chi connectivity index (χ1) is 8.08. The van der Waals surface area contributed by atoms with Crippen LogP contribution in [0.1, 0.15) is 20.8 Å². The third-order valence-electron chi connectivity index (χ3n) is 2.04. The van der Waals surface area contributed by atoms with E-state index in [2.05, 4.69) is 5.32 Å². The van der Waals surface area contributed by atoms with Gasteiger partial charge in [-0.1, -0.05) is 0 Å². The van der Waals surface area contributed by atoms with Gasteiger partial charge in [-0.2, -0.15) is 8.78 Å². The maximum atomic E-state index is 12.7. The van der Waals surface area contributed by atoms with Crippen molar-refractivity contribution in [1.29, 1.82) is 0 Å². The summed E-state index contributed by atoms with van der Waals surface area (Å²) in [5.74, 6) is -4.13. The zero-order valence-electron chi connectivity index (χ0n) is 11.1. The van der Waals surface area contributed by atoms with Gasteiger partial charge in [-0.15, -0.1) is 0 Å². The van der Waals surface area contributed by atoms with Crippen molar-refractivity contribution in [3.8, 4) is 0 Å². The van der Waals surface area contributed by atoms with Gasteiger partial charge in [0.2, 0.25) is 0 Å². The van der Waals surface area contributed by atoms with Crippen LogP contribution < -0.4 is 5.32 Å². The number of rotatable bonds is 8. The fraction of sp³-hybridized carbons (Fsp3) is 1.00. The fourth-order valence-electron chi connectivity index (χ4n) is 1.06. The Balaban J connectivity index is 4.20. The third-order valence-corrected chi connectivity index (χ3v) is 2.04. The molecule has 7 heteroatoms. The van der Waals surface area contributed by atoms with Crippen molar-refractivity contribution >= 4 is 0 Å². The van der Waals surface area contributed by atoms with Gasteiger partial charge in [0.15, 0.2) is 0 Å². The molecule has 1 N–H and O–H groups in total. The number of methoxy groups -OCH3 is 1. The number of nitrogens with one attached hydrogen (secondary N) is 1. The minimum absolute atomic E-state index is 0.0579. The molecule has 110 valence electrons. The molecule has 0 radical (unpaired) electrons. The van der Waals surface area contributed by atoms with Crippen LogP contribution in [-0.2, 0) is 9.47 Å². The molecule has 0 saturated carbocycles. The highest BCUT2D eigenvalue weighted by Crippen LogP contribution is 2.23. The molecule has 0 fully saturated rings. The molecule has 0 aliphatic heterocycles. The predicted molar refractivity (Wildman–Crippen MR) is 60.3 cm³/mol. The summed E-state index contributed by atoms with van der Waals surface area (Å²) in [4.78, 5) is 0. The van der Waals surface area contributed by atoms with Crippen LogP contribution in [0, 0.1) is 0 Å². The van der Waals surface area contributed by atoms with Gasteiger partial charge in [-0.3, -0.25) is 0 Å². The molecule has 0 aromatic heterocycles. The fourth-order valence-corrected chi connectivity index (χ4v) is 1.06. The van der Waals surface area contributed by atoms with Crippen LogP contribution in [0.4, 0.5) is 17.6 Å². The molecule has 0 rings (SSSR count). The van der Waals surface area contributed by atoms with E-state index < -0.39 is 25.1 Å². The van der Waals surface area contributed by atoms with Gasteiger partial charge < -0.3 is 14.8 Å². The zero-order chi connectivity index (χ0) is 14.4. The van der Waals surface area contributed by atoms with Gasteiger partial charge in [0.1, 0.15) is 6.61 Å². The molecular formula is C11H21F4NO2. The average molecular weight is 275 g/mol. The number of hydrogen-bond acceptors (Lipinski definition) is 3. The van der Waals surface area contributed by atoms with Crippen molar-refractivity contribution in [3.63, 3.8) is 0 Å². The molecule has 1 unspecified atom stereocenters. The maximum absolute atomic E-state index is 12.7. The number of alkyl halides is 4. The van der Waals surface area contributed by atoms with Crippen molar-refractivity contribution in [1.82, 2.24) is 5.32 Å². The van der Waals surface area contributed by atoms with E-state index in [-0.39, 0.29) is 18.7 Å². The Kier molecular flexibility index (Phi) is 7.09. The Morgan fingerprint density at radius 2 is 1.72 bits per heavy atom. The summed E-state index contributed by atoms with van der Waals surface area (Å²) >= 11 is 0. The first-order valence-corrected chi connectivity index (χ1v) is 5.60. The van der Waals surface area contributed by atoms with Gasteiger partial charge in [0, 0.05) is 19.2 Å². The molecule has 0 aromatic carbocycles. The Morgan fingerprint density at radius 3 is 2.11 bits per heavy atom. The lowest BCUT2D eigenvalue weighted by Gasteiger charge is -2.26. The summed E-state index contributed by atoms with van der Waals surface area (Å²) in [6, 6.07) is 0. The van der Waals surface area contributed by atoms with E-state index in [0.717, 1.165) is 0 Å². The molecule has 0 amide bonds. The van der Waals surface area contributed by atoms with E-state index >= 15 is 0 Å². The van der Waals surface area contributed by atoms with Crippen LogP contribution in [0.25, 0.3) is 0 Å². The SMILES string of the molecule is COCC(CNC(C)(C)C)OCC(F)(F)C(F)F. The molecule has 0 aliphatic carbocycles. The van der Waals surface area contributed by atoms with Gasteiger partial charge in [0.05, 0.1) is 12.7 Å². The van der Waals surface area contributed by atoms with Crippen molar-refractivity contribution in [2.75, 3.05) is 26.9 Å². The minimum Gasteiger partial charge on any atom is -0.382 e. The molecular weight excluding hydrogens is 254 g/mol. The Bertz CT molecular complexity index is 232. The highest BCUT2D eigenvalue weighted by Gasteiger charge is 2.41. The van der Waals surface area contributed by atoms with E-state index in [1.54, 1.807) is 0 Å². The number of hydrogen-bond donors (Lipinski definition) is 1. The molecule has 3 nitrogen and oxygen atoms in total. The van der Waals surface area contributed by atoms with Crippen LogP contribution in [0.2, 0.25) is 0 Å². The monoisotopic (exact) mass is 275 g/mol. The number of ether oxygens (including phenoxy) is 2. The van der Waals surface area contributed by atoms with Gasteiger partial charge in [-0.05, 0) is 20.8 Å². The Labute approximate surface area is 105 Å². The summed E-state index contributed by atoms with van der Waals surface area (Å²) in [7, 11) is 1.39. The molecule has 0 saturated heterocycles. The smallest absolute Gasteiger partial charge is 0.330 e. The molecule has 0 spiro atoms. The topological polar surface area (TPSA) is 30.5 Å². The van der Waals surface area contributed by atoms with Crippen molar-refractivity contribution in [3.05, 3.63) is 0 Å². The Hall–Kier alpha value is -0.400. The number of halogens is 4. The van der Waals surface area contributed by atoms with Crippen molar-refractivity contribution in [2.24, 2.45) is 0 Å². The van der Waals surface area contributed by atoms with Gasteiger partial charge in [0.25, 0.3) is 0 Å². The van der Waals surface area contributed by atoms with E-state index in [4.69, 9.17) is 9.47 Å². The Morgan fingerprint density at radius 1 is 1.17 bits per heavy atom. The van der Waals surface area contributed by atoms with E-state index in [0.29, 0.717) is 0 Å². The maximum Gasteiger partial charge on any atom is 0.330 e. The first kappa shape index (κ1) is 17.6. The van der Waals surface area contributed by atoms with Crippen molar-refractivity contribution in [2.45, 2.75) is 44.8 Å². The molecule has 0 aromatic rings. The lowest BCUT2D eigenvalue weighted by molar-refractivity contribution is -0.179. The molecule has 0 bridgehead atoms. The predicted octanol–water partition coefficient (Wildman–Crippen LogP) is 2.31. The average Bonchev–Trinajstić information content (AvgIpc) is 2.20. The molecule has 0 heterocycles. The van der Waals surface area contributed by atoms with E-state index in [1.807, 2.05) is 20.8 Å². The van der Waals surface area contributed by atoms with E-state index in [1.165, 1.54) is 7.11 Å². The van der Waals surface area contributed by atoms with Crippen LogP contribution in [0.5, 0.6) is 0 Å². The zero-order valence-corrected chi connectivity index (χ0v) is 11.1. The quantitative estimate of drug-likeness (QED) is 0.690. The second-order valence-electron chi connectivity index (χ2n) is 5.08. The van der Waals surface area contributed by atoms with Crippen LogP contribution in [0.3, 0.4) is 0 Å². The second-order valence-corrected chi connectivity index (χ2v) is 5.08. The lowest BCUT2D eigenvalue weighted by Crippen LogP contribution is -2.44. The van der Waals surface area contributed by atoms with Gasteiger partial charge >= 0.3 is 12.3 Å². The van der Waals surface area contributed by atoms with E-state index in [9.17, 15) is 17.6 Å². The summed E-state index contributed by atoms with van der Waals surface area (Å²) in [5, 5.41) is 3.03. The first-order valence-electron chi connectivity index (χ1n) is 5.60. The highest BCUT2D eigenvalue weighted by atomic mass is 19.3. The summed E-state index contributed by atoms with van der Waals surface area (Å²) < 4.78 is 58.8. The second kappa shape index (κ2) is 7.25. The molecule has 1 atom stereocenters. The normalized spacial score (nSPS) is 15.2. The molecule has 18 heavy (non-hydrogen) atoms. The summed E-state index contributed by atoms with van der Waals surface area (Å²) in [6.07, 6.45) is -4.42. The molecule has 0 aliphatic rings. The highest BCUT2D eigenvalue weighted by molar-refractivity contribution is 4.75. The largest absolute Gasteiger partial charge is 0.382 e. The lowest BCUT2D eigenvalue weighted by atomic mass is 10.1. The van der Waals surface area contributed by atoms with Crippen LogP contribution in [0.15, 0.2) is 0 Å². The van der Waals surface area contributed by atoms with Crippen LogP contribution in [-0.4, -0.2) is 50.9 Å². The van der Waals surface area contributed by atoms with Crippen molar-refractivity contribution < 1.29 is 27.0 Å². The van der Waals surface area contributed by atoms with Gasteiger partial charge in [-0.25, -0.2) is 8.78 Å². The summed E-state index contributed by atoms with van der Waals surface area (Å²) in [6.45, 7) is 4.67. The minimum atomic E-state index is -4.13. The standard InChI is InChI=1S/C11H21F4NO2/c1-10(2,3)16-5-8(6-17-4)18-7-11(14,15)9(12)13/h8-9,16H,5-7H2,1-4H3.